The molecule has 1 aromatic rings. The van der Waals surface area contributed by atoms with Crippen molar-refractivity contribution < 1.29 is 19.4 Å². The van der Waals surface area contributed by atoms with E-state index in [1.54, 1.807) is 6.92 Å². The maximum atomic E-state index is 11.1. The molecule has 0 aliphatic carbocycles. The Balaban J connectivity index is 2.88. The number of carbonyl (C=O) groups is 2. The van der Waals surface area contributed by atoms with Crippen LogP contribution in [0.4, 0.5) is 0 Å². The van der Waals surface area contributed by atoms with Crippen LogP contribution >= 0.6 is 11.6 Å². The molecular weight excluding hydrogens is 222 g/mol. The number of carboxylic acids is 1. The third-order valence-electron chi connectivity index (χ3n) is 1.74. The third kappa shape index (κ3) is 2.73. The molecule has 0 unspecified atom stereocenters. The van der Waals surface area contributed by atoms with E-state index < -0.39 is 11.9 Å². The molecule has 5 nitrogen and oxygen atoms in total. The molecule has 0 atom stereocenters. The number of hydrogen-bond donors (Lipinski definition) is 1. The molecule has 6 heteroatoms. The summed E-state index contributed by atoms with van der Waals surface area (Å²) in [4.78, 5) is 21.9. The average molecular weight is 232 g/mol. The van der Waals surface area contributed by atoms with Gasteiger partial charge in [0, 0.05) is 0 Å². The summed E-state index contributed by atoms with van der Waals surface area (Å²) < 4.78 is 5.88. The first-order valence-electron chi connectivity index (χ1n) is 4.30. The molecule has 1 rings (SSSR count). The minimum atomic E-state index is -1.13. The molecule has 15 heavy (non-hydrogen) atoms. The lowest BCUT2D eigenvalue weighted by Crippen LogP contribution is -2.17. The SMILES string of the molecule is CCOC(=O)Cn1c(Cl)ccc1C(=O)O. The van der Waals surface area contributed by atoms with Crippen LogP contribution in [0, 0.1) is 0 Å². The standard InChI is InChI=1S/C9H10ClNO4/c1-2-15-8(12)5-11-6(9(13)14)3-4-7(11)10/h3-4H,2,5H2,1H3,(H,13,14). The van der Waals surface area contributed by atoms with Crippen molar-refractivity contribution in [2.45, 2.75) is 13.5 Å². The van der Waals surface area contributed by atoms with Gasteiger partial charge in [-0.3, -0.25) is 4.79 Å². The van der Waals surface area contributed by atoms with Crippen LogP contribution < -0.4 is 0 Å². The summed E-state index contributed by atoms with van der Waals surface area (Å²) in [5.74, 6) is -1.65. The van der Waals surface area contributed by atoms with Crippen molar-refractivity contribution in [2.75, 3.05) is 6.61 Å². The zero-order valence-corrected chi connectivity index (χ0v) is 8.82. The fourth-order valence-corrected chi connectivity index (χ4v) is 1.34. The fourth-order valence-electron chi connectivity index (χ4n) is 1.13. The highest BCUT2D eigenvalue weighted by Gasteiger charge is 2.15. The van der Waals surface area contributed by atoms with Gasteiger partial charge in [-0.2, -0.15) is 0 Å². The van der Waals surface area contributed by atoms with Gasteiger partial charge in [0.25, 0.3) is 0 Å². The topological polar surface area (TPSA) is 68.5 Å². The summed E-state index contributed by atoms with van der Waals surface area (Å²) in [6.07, 6.45) is 0. The first-order chi connectivity index (χ1) is 7.06. The van der Waals surface area contributed by atoms with E-state index in [0.29, 0.717) is 0 Å². The summed E-state index contributed by atoms with van der Waals surface area (Å²) in [5, 5.41) is 8.99. The highest BCUT2D eigenvalue weighted by atomic mass is 35.5. The quantitative estimate of drug-likeness (QED) is 0.796. The molecular formula is C9H10ClNO4. The number of aromatic nitrogens is 1. The number of nitrogens with zero attached hydrogens (tertiary/aromatic N) is 1. The van der Waals surface area contributed by atoms with Crippen LogP contribution in [0.2, 0.25) is 5.15 Å². The van der Waals surface area contributed by atoms with Crippen molar-refractivity contribution in [3.8, 4) is 0 Å². The maximum Gasteiger partial charge on any atom is 0.352 e. The second-order valence-electron chi connectivity index (χ2n) is 2.74. The number of halogens is 1. The summed E-state index contributed by atoms with van der Waals surface area (Å²) in [7, 11) is 0. The van der Waals surface area contributed by atoms with E-state index in [1.807, 2.05) is 0 Å². The Morgan fingerprint density at radius 1 is 1.53 bits per heavy atom. The molecule has 82 valence electrons. The minimum Gasteiger partial charge on any atom is -0.477 e. The van der Waals surface area contributed by atoms with Crippen molar-refractivity contribution in [2.24, 2.45) is 0 Å². The molecule has 0 radical (unpaired) electrons. The van der Waals surface area contributed by atoms with Crippen molar-refractivity contribution in [3.63, 3.8) is 0 Å². The van der Waals surface area contributed by atoms with Crippen LogP contribution in [-0.4, -0.2) is 28.2 Å². The largest absolute Gasteiger partial charge is 0.477 e. The van der Waals surface area contributed by atoms with Crippen LogP contribution in [0.5, 0.6) is 0 Å². The zero-order chi connectivity index (χ0) is 11.4. The smallest absolute Gasteiger partial charge is 0.352 e. The Morgan fingerprint density at radius 3 is 2.73 bits per heavy atom. The van der Waals surface area contributed by atoms with Gasteiger partial charge >= 0.3 is 11.9 Å². The van der Waals surface area contributed by atoms with Crippen LogP contribution in [0.3, 0.4) is 0 Å². The molecule has 0 saturated carbocycles. The van der Waals surface area contributed by atoms with Crippen molar-refractivity contribution in [1.29, 1.82) is 0 Å². The van der Waals surface area contributed by atoms with Gasteiger partial charge in [0.15, 0.2) is 0 Å². The molecule has 0 bridgehead atoms. The lowest BCUT2D eigenvalue weighted by Gasteiger charge is -2.06. The lowest BCUT2D eigenvalue weighted by molar-refractivity contribution is -0.143. The second-order valence-corrected chi connectivity index (χ2v) is 3.12. The fraction of sp³-hybridized carbons (Fsp3) is 0.333. The van der Waals surface area contributed by atoms with E-state index >= 15 is 0 Å². The van der Waals surface area contributed by atoms with Crippen LogP contribution in [0.25, 0.3) is 0 Å². The van der Waals surface area contributed by atoms with E-state index in [1.165, 1.54) is 16.7 Å². The van der Waals surface area contributed by atoms with Crippen molar-refractivity contribution >= 4 is 23.5 Å². The monoisotopic (exact) mass is 231 g/mol. The Labute approximate surface area is 91.2 Å². The van der Waals surface area contributed by atoms with E-state index in [9.17, 15) is 9.59 Å². The van der Waals surface area contributed by atoms with Gasteiger partial charge in [0.2, 0.25) is 0 Å². The highest BCUT2D eigenvalue weighted by molar-refractivity contribution is 6.30. The number of carbonyl (C=O) groups excluding carboxylic acids is 1. The predicted octanol–water partition coefficient (Wildman–Crippen LogP) is 1.40. The Bertz CT molecular complexity index is 385. The summed E-state index contributed by atoms with van der Waals surface area (Å²) in [6.45, 7) is 1.73. The molecule has 0 amide bonds. The number of ether oxygens (including phenoxy) is 1. The van der Waals surface area contributed by atoms with Gasteiger partial charge in [-0.25, -0.2) is 4.79 Å². The summed E-state index contributed by atoms with van der Waals surface area (Å²) in [5.41, 5.74) is -0.0342. The summed E-state index contributed by atoms with van der Waals surface area (Å²) >= 11 is 5.73. The molecule has 1 aromatic heterocycles. The maximum absolute atomic E-state index is 11.1. The Kier molecular flexibility index (Phi) is 3.74. The first kappa shape index (κ1) is 11.6. The molecule has 0 saturated heterocycles. The molecule has 0 spiro atoms. The van der Waals surface area contributed by atoms with E-state index in [0.717, 1.165) is 0 Å². The minimum absolute atomic E-state index is 0.0342. The molecule has 0 aliphatic rings. The predicted molar refractivity (Wildman–Crippen MR) is 53.0 cm³/mol. The number of carboxylic acid groups (broad SMARTS) is 1. The van der Waals surface area contributed by atoms with Gasteiger partial charge in [-0.05, 0) is 19.1 Å². The Hall–Kier alpha value is -1.49. The molecule has 0 fully saturated rings. The zero-order valence-electron chi connectivity index (χ0n) is 8.07. The lowest BCUT2D eigenvalue weighted by atomic mass is 10.4. The van der Waals surface area contributed by atoms with Gasteiger partial charge in [-0.1, -0.05) is 11.6 Å². The first-order valence-corrected chi connectivity index (χ1v) is 4.68. The van der Waals surface area contributed by atoms with E-state index in [4.69, 9.17) is 21.4 Å². The summed E-state index contributed by atoms with van der Waals surface area (Å²) in [6, 6.07) is 2.76. The van der Waals surface area contributed by atoms with Gasteiger partial charge in [-0.15, -0.1) is 0 Å². The van der Waals surface area contributed by atoms with Crippen molar-refractivity contribution in [3.05, 3.63) is 23.0 Å². The van der Waals surface area contributed by atoms with Gasteiger partial charge in [0.05, 0.1) is 6.61 Å². The number of aromatic carboxylic acids is 1. The van der Waals surface area contributed by atoms with Crippen LogP contribution in [-0.2, 0) is 16.1 Å². The highest BCUT2D eigenvalue weighted by Crippen LogP contribution is 2.14. The van der Waals surface area contributed by atoms with Gasteiger partial charge < -0.3 is 14.4 Å². The molecule has 0 aliphatic heterocycles. The van der Waals surface area contributed by atoms with Crippen molar-refractivity contribution in [1.82, 2.24) is 4.57 Å². The Morgan fingerprint density at radius 2 is 2.20 bits per heavy atom. The number of esters is 1. The van der Waals surface area contributed by atoms with E-state index in [2.05, 4.69) is 0 Å². The van der Waals surface area contributed by atoms with Crippen LogP contribution in [0.1, 0.15) is 17.4 Å². The molecule has 1 N–H and O–H groups in total. The second kappa shape index (κ2) is 4.84. The molecule has 1 heterocycles. The van der Waals surface area contributed by atoms with Crippen LogP contribution in [0.15, 0.2) is 12.1 Å². The number of hydrogen-bond acceptors (Lipinski definition) is 3. The number of rotatable bonds is 4. The average Bonchev–Trinajstić information content (AvgIpc) is 2.48. The normalized spacial score (nSPS) is 10.0. The molecule has 0 aromatic carbocycles. The van der Waals surface area contributed by atoms with E-state index in [-0.39, 0.29) is 24.0 Å². The van der Waals surface area contributed by atoms with Gasteiger partial charge in [0.1, 0.15) is 17.4 Å². The third-order valence-corrected chi connectivity index (χ3v) is 2.07.